The standard InChI is InChI=1S/C27H32N2O3S/c1-4-5-6-20-13-21(7-8-22(20)15-29-16-23(17-29)27(30)31)26-28-14-25(33-26)19-9-11-24(12-10-19)32-18(2)3/h7-14,18,23H,4-6,15-17H2,1-3H3,(H,30,31). The first-order valence-electron chi connectivity index (χ1n) is 11.7. The molecule has 0 amide bonds. The Bertz CT molecular complexity index is 1090. The van der Waals surface area contributed by atoms with Crippen molar-refractivity contribution in [3.05, 3.63) is 59.8 Å². The lowest BCUT2D eigenvalue weighted by atomic mass is 9.95. The molecule has 0 radical (unpaired) electrons. The summed E-state index contributed by atoms with van der Waals surface area (Å²) in [5, 5.41) is 10.2. The molecule has 0 atom stereocenters. The van der Waals surface area contributed by atoms with Crippen LogP contribution >= 0.6 is 11.3 Å². The zero-order chi connectivity index (χ0) is 23.4. The highest BCUT2D eigenvalue weighted by molar-refractivity contribution is 7.18. The van der Waals surface area contributed by atoms with Gasteiger partial charge in [-0.2, -0.15) is 0 Å². The third-order valence-corrected chi connectivity index (χ3v) is 7.07. The summed E-state index contributed by atoms with van der Waals surface area (Å²) in [6.45, 7) is 8.36. The molecule has 2 heterocycles. The van der Waals surface area contributed by atoms with Gasteiger partial charge in [-0.3, -0.25) is 9.69 Å². The number of hydrogen-bond acceptors (Lipinski definition) is 5. The predicted octanol–water partition coefficient (Wildman–Crippen LogP) is 6.12. The Labute approximate surface area is 200 Å². The third kappa shape index (κ3) is 5.81. The quantitative estimate of drug-likeness (QED) is 0.391. The van der Waals surface area contributed by atoms with Gasteiger partial charge in [0.1, 0.15) is 10.8 Å². The van der Waals surface area contributed by atoms with Crippen LogP contribution in [-0.4, -0.2) is 40.2 Å². The van der Waals surface area contributed by atoms with E-state index in [1.165, 1.54) is 11.1 Å². The zero-order valence-electron chi connectivity index (χ0n) is 19.6. The van der Waals surface area contributed by atoms with Crippen molar-refractivity contribution in [3.63, 3.8) is 0 Å². The van der Waals surface area contributed by atoms with E-state index < -0.39 is 5.97 Å². The van der Waals surface area contributed by atoms with E-state index in [-0.39, 0.29) is 12.0 Å². The highest BCUT2D eigenvalue weighted by atomic mass is 32.1. The van der Waals surface area contributed by atoms with Crippen LogP contribution in [0.2, 0.25) is 0 Å². The lowest BCUT2D eigenvalue weighted by molar-refractivity contribution is -0.147. The molecule has 5 nitrogen and oxygen atoms in total. The second-order valence-electron chi connectivity index (χ2n) is 9.04. The molecule has 174 valence electrons. The van der Waals surface area contributed by atoms with Gasteiger partial charge in [-0.25, -0.2) is 4.98 Å². The number of hydrogen-bond donors (Lipinski definition) is 1. The molecule has 1 N–H and O–H groups in total. The molecule has 1 aromatic heterocycles. The normalized spacial score (nSPS) is 14.4. The average Bonchev–Trinajstić information content (AvgIpc) is 3.25. The number of likely N-dealkylation sites (tertiary alicyclic amines) is 1. The van der Waals surface area contributed by atoms with E-state index in [9.17, 15) is 4.79 Å². The molecule has 0 unspecified atom stereocenters. The monoisotopic (exact) mass is 464 g/mol. The van der Waals surface area contributed by atoms with Gasteiger partial charge in [-0.15, -0.1) is 11.3 Å². The number of carbonyl (C=O) groups is 1. The van der Waals surface area contributed by atoms with Gasteiger partial charge in [-0.05, 0) is 73.7 Å². The molecule has 0 saturated carbocycles. The molecule has 0 spiro atoms. The van der Waals surface area contributed by atoms with Crippen LogP contribution < -0.4 is 4.74 Å². The van der Waals surface area contributed by atoms with Gasteiger partial charge in [-0.1, -0.05) is 25.5 Å². The van der Waals surface area contributed by atoms with E-state index in [4.69, 9.17) is 14.8 Å². The molecular formula is C27H32N2O3S. The van der Waals surface area contributed by atoms with Gasteiger partial charge in [0.25, 0.3) is 0 Å². The van der Waals surface area contributed by atoms with Crippen LogP contribution in [-0.2, 0) is 17.8 Å². The average molecular weight is 465 g/mol. The Morgan fingerprint density at radius 1 is 1.15 bits per heavy atom. The maximum absolute atomic E-state index is 11.1. The first-order chi connectivity index (χ1) is 15.9. The van der Waals surface area contributed by atoms with E-state index in [2.05, 4.69) is 42.2 Å². The van der Waals surface area contributed by atoms with Crippen molar-refractivity contribution in [3.8, 4) is 26.8 Å². The van der Waals surface area contributed by atoms with Crippen molar-refractivity contribution in [1.29, 1.82) is 0 Å². The summed E-state index contributed by atoms with van der Waals surface area (Å²) in [6.07, 6.45) is 5.43. The van der Waals surface area contributed by atoms with E-state index in [1.807, 2.05) is 32.2 Å². The van der Waals surface area contributed by atoms with E-state index in [0.29, 0.717) is 13.1 Å². The number of unbranched alkanes of at least 4 members (excludes halogenated alkanes) is 1. The lowest BCUT2D eigenvalue weighted by Gasteiger charge is -2.37. The third-order valence-electron chi connectivity index (χ3n) is 5.97. The van der Waals surface area contributed by atoms with E-state index in [1.54, 1.807) is 11.3 Å². The molecular weight excluding hydrogens is 432 g/mol. The number of benzene rings is 2. The minimum Gasteiger partial charge on any atom is -0.491 e. The van der Waals surface area contributed by atoms with Crippen molar-refractivity contribution in [2.24, 2.45) is 5.92 Å². The zero-order valence-corrected chi connectivity index (χ0v) is 20.4. The molecule has 2 aromatic carbocycles. The minimum atomic E-state index is -0.686. The highest BCUT2D eigenvalue weighted by Crippen LogP contribution is 2.34. The molecule has 33 heavy (non-hydrogen) atoms. The molecule has 0 bridgehead atoms. The van der Waals surface area contributed by atoms with Gasteiger partial charge in [0.2, 0.25) is 0 Å². The smallest absolute Gasteiger partial charge is 0.309 e. The van der Waals surface area contributed by atoms with Crippen LogP contribution in [0.1, 0.15) is 44.7 Å². The summed E-state index contributed by atoms with van der Waals surface area (Å²) in [7, 11) is 0. The number of nitrogens with zero attached hydrogens (tertiary/aromatic N) is 2. The van der Waals surface area contributed by atoms with Gasteiger partial charge in [0.15, 0.2) is 0 Å². The first kappa shape index (κ1) is 23.5. The predicted molar refractivity (Wildman–Crippen MR) is 134 cm³/mol. The molecule has 0 aliphatic carbocycles. The van der Waals surface area contributed by atoms with Crippen LogP contribution in [0.5, 0.6) is 5.75 Å². The van der Waals surface area contributed by atoms with E-state index >= 15 is 0 Å². The number of aromatic nitrogens is 1. The van der Waals surface area contributed by atoms with Crippen molar-refractivity contribution >= 4 is 17.3 Å². The fraction of sp³-hybridized carbons (Fsp3) is 0.407. The summed E-state index contributed by atoms with van der Waals surface area (Å²) in [5.41, 5.74) is 4.94. The maximum Gasteiger partial charge on any atom is 0.309 e. The number of ether oxygens (including phenoxy) is 1. The Kier molecular flexibility index (Phi) is 7.46. The van der Waals surface area contributed by atoms with E-state index in [0.717, 1.165) is 52.6 Å². The summed E-state index contributed by atoms with van der Waals surface area (Å²) in [6, 6.07) is 14.8. The molecule has 1 aliphatic heterocycles. The molecule has 1 aliphatic rings. The first-order valence-corrected chi connectivity index (χ1v) is 12.5. The minimum absolute atomic E-state index is 0.162. The van der Waals surface area contributed by atoms with Crippen LogP contribution in [0.4, 0.5) is 0 Å². The van der Waals surface area contributed by atoms with Gasteiger partial charge in [0, 0.05) is 31.4 Å². The Morgan fingerprint density at radius 3 is 2.55 bits per heavy atom. The largest absolute Gasteiger partial charge is 0.491 e. The molecule has 4 rings (SSSR count). The number of aliphatic carboxylic acids is 1. The number of carboxylic acids is 1. The van der Waals surface area contributed by atoms with Crippen LogP contribution in [0.15, 0.2) is 48.7 Å². The summed E-state index contributed by atoms with van der Waals surface area (Å²) in [5.74, 6) is -0.0240. The van der Waals surface area contributed by atoms with Crippen molar-refractivity contribution in [1.82, 2.24) is 9.88 Å². The Balaban J connectivity index is 1.50. The number of rotatable bonds is 10. The summed E-state index contributed by atoms with van der Waals surface area (Å²) >= 11 is 1.70. The second-order valence-corrected chi connectivity index (χ2v) is 10.1. The van der Waals surface area contributed by atoms with Crippen molar-refractivity contribution < 1.29 is 14.6 Å². The van der Waals surface area contributed by atoms with Crippen molar-refractivity contribution in [2.75, 3.05) is 13.1 Å². The topological polar surface area (TPSA) is 62.7 Å². The van der Waals surface area contributed by atoms with Gasteiger partial charge >= 0.3 is 5.97 Å². The molecule has 1 saturated heterocycles. The fourth-order valence-corrected chi connectivity index (χ4v) is 5.04. The van der Waals surface area contributed by atoms with Crippen LogP contribution in [0, 0.1) is 5.92 Å². The molecule has 6 heteroatoms. The number of carboxylic acid groups (broad SMARTS) is 1. The molecule has 3 aromatic rings. The van der Waals surface area contributed by atoms with Crippen molar-refractivity contribution in [2.45, 2.75) is 52.7 Å². The lowest BCUT2D eigenvalue weighted by Crippen LogP contribution is -2.49. The Morgan fingerprint density at radius 2 is 1.88 bits per heavy atom. The summed E-state index contributed by atoms with van der Waals surface area (Å²) in [4.78, 5) is 19.2. The van der Waals surface area contributed by atoms with Crippen LogP contribution in [0.25, 0.3) is 21.0 Å². The van der Waals surface area contributed by atoms with Gasteiger partial charge < -0.3 is 9.84 Å². The van der Waals surface area contributed by atoms with Gasteiger partial charge in [0.05, 0.1) is 16.9 Å². The second kappa shape index (κ2) is 10.5. The summed E-state index contributed by atoms with van der Waals surface area (Å²) < 4.78 is 5.75. The number of thiazole rings is 1. The Hall–Kier alpha value is -2.70. The maximum atomic E-state index is 11.1. The highest BCUT2D eigenvalue weighted by Gasteiger charge is 2.32. The fourth-order valence-electron chi connectivity index (χ4n) is 4.12. The SMILES string of the molecule is CCCCc1cc(-c2ncc(-c3ccc(OC(C)C)cc3)s2)ccc1CN1CC(C(=O)O)C1. The number of aryl methyl sites for hydroxylation is 1. The molecule has 1 fully saturated rings. The van der Waals surface area contributed by atoms with Crippen LogP contribution in [0.3, 0.4) is 0 Å².